The van der Waals surface area contributed by atoms with Crippen molar-refractivity contribution in [1.82, 2.24) is 5.32 Å². The predicted octanol–water partition coefficient (Wildman–Crippen LogP) is 1.77. The first kappa shape index (κ1) is 17.3. The van der Waals surface area contributed by atoms with Crippen molar-refractivity contribution in [1.29, 1.82) is 0 Å². The molecule has 2 N–H and O–H groups in total. The van der Waals surface area contributed by atoms with Gasteiger partial charge in [0.05, 0.1) is 26.9 Å². The summed E-state index contributed by atoms with van der Waals surface area (Å²) >= 11 is 0. The zero-order valence-electron chi connectivity index (χ0n) is 13.2. The van der Waals surface area contributed by atoms with Crippen molar-refractivity contribution in [3.05, 3.63) is 23.8 Å². The van der Waals surface area contributed by atoms with E-state index in [9.17, 15) is 4.79 Å². The Kier molecular flexibility index (Phi) is 7.02. The fourth-order valence-electron chi connectivity index (χ4n) is 2.07. The number of benzene rings is 1. The highest BCUT2D eigenvalue weighted by atomic mass is 16.5. The minimum Gasteiger partial charge on any atom is -0.493 e. The summed E-state index contributed by atoms with van der Waals surface area (Å²) in [7, 11) is 3.18. The Hall–Kier alpha value is -1.75. The van der Waals surface area contributed by atoms with Gasteiger partial charge in [0.2, 0.25) is 5.91 Å². The van der Waals surface area contributed by atoms with Gasteiger partial charge < -0.3 is 19.9 Å². The maximum absolute atomic E-state index is 12.1. The number of aliphatic hydroxyl groups is 1. The Labute approximate surface area is 126 Å². The first-order chi connectivity index (χ1) is 10.0. The molecule has 0 radical (unpaired) electrons. The number of rotatable bonds is 8. The van der Waals surface area contributed by atoms with Crippen LogP contribution in [0.4, 0.5) is 0 Å². The van der Waals surface area contributed by atoms with Crippen LogP contribution in [0.3, 0.4) is 0 Å². The number of ether oxygens (including phenoxy) is 2. The Morgan fingerprint density at radius 1 is 1.29 bits per heavy atom. The summed E-state index contributed by atoms with van der Waals surface area (Å²) in [4.78, 5) is 12.1. The Morgan fingerprint density at radius 2 is 1.95 bits per heavy atom. The quantitative estimate of drug-likeness (QED) is 0.767. The maximum Gasteiger partial charge on any atom is 0.223 e. The van der Waals surface area contributed by atoms with E-state index in [2.05, 4.69) is 5.32 Å². The number of carbonyl (C=O) groups is 1. The molecule has 0 aliphatic heterocycles. The van der Waals surface area contributed by atoms with E-state index in [-0.39, 0.29) is 24.5 Å². The molecular weight excluding hydrogens is 270 g/mol. The van der Waals surface area contributed by atoms with Gasteiger partial charge in [0.15, 0.2) is 11.5 Å². The van der Waals surface area contributed by atoms with Crippen LogP contribution >= 0.6 is 0 Å². The Bertz CT molecular complexity index is 458. The zero-order valence-corrected chi connectivity index (χ0v) is 13.2. The number of nitrogens with one attached hydrogen (secondary N) is 1. The number of carbonyl (C=O) groups excluding carboxylic acids is 1. The average molecular weight is 295 g/mol. The van der Waals surface area contributed by atoms with Gasteiger partial charge in [0, 0.05) is 5.92 Å². The molecule has 0 saturated carbocycles. The molecule has 0 saturated heterocycles. The van der Waals surface area contributed by atoms with Gasteiger partial charge in [-0.3, -0.25) is 4.79 Å². The summed E-state index contributed by atoms with van der Waals surface area (Å²) in [5, 5.41) is 12.0. The monoisotopic (exact) mass is 295 g/mol. The first-order valence-corrected chi connectivity index (χ1v) is 7.17. The smallest absolute Gasteiger partial charge is 0.223 e. The topological polar surface area (TPSA) is 67.8 Å². The molecule has 21 heavy (non-hydrogen) atoms. The normalized spacial score (nSPS) is 13.4. The first-order valence-electron chi connectivity index (χ1n) is 7.17. The van der Waals surface area contributed by atoms with Crippen LogP contribution in [-0.4, -0.2) is 37.9 Å². The molecular formula is C16H25NO4. The van der Waals surface area contributed by atoms with Crippen molar-refractivity contribution in [2.24, 2.45) is 5.92 Å². The number of hydrogen-bond acceptors (Lipinski definition) is 4. The van der Waals surface area contributed by atoms with Gasteiger partial charge in [0.25, 0.3) is 0 Å². The highest BCUT2D eigenvalue weighted by Crippen LogP contribution is 2.28. The van der Waals surface area contributed by atoms with Crippen molar-refractivity contribution in [3.63, 3.8) is 0 Å². The van der Waals surface area contributed by atoms with Gasteiger partial charge in [-0.05, 0) is 30.5 Å². The zero-order chi connectivity index (χ0) is 15.8. The summed E-state index contributed by atoms with van der Waals surface area (Å²) in [6, 6.07) is 5.47. The van der Waals surface area contributed by atoms with Gasteiger partial charge in [-0.15, -0.1) is 0 Å². The molecule has 0 aliphatic rings. The van der Waals surface area contributed by atoms with Crippen LogP contribution in [0.25, 0.3) is 0 Å². The van der Waals surface area contributed by atoms with Gasteiger partial charge in [-0.2, -0.15) is 0 Å². The van der Waals surface area contributed by atoms with Crippen molar-refractivity contribution < 1.29 is 19.4 Å². The van der Waals surface area contributed by atoms with Crippen LogP contribution in [0, 0.1) is 5.92 Å². The van der Waals surface area contributed by atoms with E-state index in [1.807, 2.05) is 32.0 Å². The fraction of sp³-hybridized carbons (Fsp3) is 0.562. The molecule has 118 valence electrons. The van der Waals surface area contributed by atoms with E-state index in [4.69, 9.17) is 14.6 Å². The van der Waals surface area contributed by atoms with Gasteiger partial charge in [-0.25, -0.2) is 0 Å². The third-order valence-corrected chi connectivity index (χ3v) is 3.50. The summed E-state index contributed by atoms with van der Waals surface area (Å²) < 4.78 is 10.5. The lowest BCUT2D eigenvalue weighted by Gasteiger charge is -2.18. The number of aliphatic hydroxyl groups excluding tert-OH is 1. The van der Waals surface area contributed by atoms with E-state index in [0.717, 1.165) is 5.56 Å². The molecule has 1 aromatic rings. The highest BCUT2D eigenvalue weighted by molar-refractivity contribution is 5.78. The highest BCUT2D eigenvalue weighted by Gasteiger charge is 2.17. The number of methoxy groups -OCH3 is 2. The Balaban J connectivity index is 2.69. The van der Waals surface area contributed by atoms with Crippen LogP contribution in [0.15, 0.2) is 18.2 Å². The van der Waals surface area contributed by atoms with E-state index >= 15 is 0 Å². The molecule has 5 nitrogen and oxygen atoms in total. The third-order valence-electron chi connectivity index (χ3n) is 3.50. The molecule has 0 fully saturated rings. The lowest BCUT2D eigenvalue weighted by atomic mass is 9.99. The van der Waals surface area contributed by atoms with E-state index in [0.29, 0.717) is 24.3 Å². The summed E-state index contributed by atoms with van der Waals surface area (Å²) in [6.45, 7) is 3.77. The van der Waals surface area contributed by atoms with Crippen LogP contribution in [0.2, 0.25) is 0 Å². The second kappa shape index (κ2) is 8.52. The van der Waals surface area contributed by atoms with Gasteiger partial charge in [-0.1, -0.05) is 19.9 Å². The fourth-order valence-corrected chi connectivity index (χ4v) is 2.07. The van der Waals surface area contributed by atoms with Crippen LogP contribution in [0.1, 0.15) is 25.8 Å². The average Bonchev–Trinajstić information content (AvgIpc) is 2.51. The van der Waals surface area contributed by atoms with Crippen molar-refractivity contribution in [2.45, 2.75) is 32.7 Å². The Morgan fingerprint density at radius 3 is 2.48 bits per heavy atom. The molecule has 0 bridgehead atoms. The summed E-state index contributed by atoms with van der Waals surface area (Å²) in [5.74, 6) is 1.10. The van der Waals surface area contributed by atoms with Crippen molar-refractivity contribution in [2.75, 3.05) is 20.8 Å². The molecule has 5 heteroatoms. The molecule has 0 heterocycles. The molecule has 0 spiro atoms. The minimum absolute atomic E-state index is 0.0364. The standard InChI is InChI=1S/C16H25NO4/c1-5-13(10-18)17-16(19)11(2)8-12-6-7-14(20-3)15(9-12)21-4/h6-7,9,11,13,18H,5,8,10H2,1-4H3,(H,17,19). The van der Waals surface area contributed by atoms with Crippen molar-refractivity contribution in [3.8, 4) is 11.5 Å². The van der Waals surface area contributed by atoms with Crippen LogP contribution < -0.4 is 14.8 Å². The SMILES string of the molecule is CCC(CO)NC(=O)C(C)Cc1ccc(OC)c(OC)c1. The van der Waals surface area contributed by atoms with Gasteiger partial charge >= 0.3 is 0 Å². The second-order valence-electron chi connectivity index (χ2n) is 5.09. The lowest BCUT2D eigenvalue weighted by Crippen LogP contribution is -2.40. The largest absolute Gasteiger partial charge is 0.493 e. The number of hydrogen-bond donors (Lipinski definition) is 2. The van der Waals surface area contributed by atoms with E-state index < -0.39 is 0 Å². The van der Waals surface area contributed by atoms with Crippen molar-refractivity contribution >= 4 is 5.91 Å². The molecule has 0 aliphatic carbocycles. The minimum atomic E-state index is -0.177. The maximum atomic E-state index is 12.1. The molecule has 2 unspecified atom stereocenters. The molecule has 0 aromatic heterocycles. The molecule has 1 aromatic carbocycles. The second-order valence-corrected chi connectivity index (χ2v) is 5.09. The third kappa shape index (κ3) is 4.93. The van der Waals surface area contributed by atoms with Crippen LogP contribution in [0.5, 0.6) is 11.5 Å². The van der Waals surface area contributed by atoms with E-state index in [1.54, 1.807) is 14.2 Å². The molecule has 1 amide bonds. The molecule has 1 rings (SSSR count). The number of amides is 1. The molecule has 2 atom stereocenters. The van der Waals surface area contributed by atoms with Gasteiger partial charge in [0.1, 0.15) is 0 Å². The predicted molar refractivity (Wildman–Crippen MR) is 81.7 cm³/mol. The van der Waals surface area contributed by atoms with Crippen LogP contribution in [-0.2, 0) is 11.2 Å². The van der Waals surface area contributed by atoms with E-state index in [1.165, 1.54) is 0 Å². The summed E-state index contributed by atoms with van der Waals surface area (Å²) in [5.41, 5.74) is 1.01. The lowest BCUT2D eigenvalue weighted by molar-refractivity contribution is -0.125. The summed E-state index contributed by atoms with van der Waals surface area (Å²) in [6.07, 6.45) is 1.32.